The lowest BCUT2D eigenvalue weighted by atomic mass is 9.96. The molecule has 110 valence electrons. The number of nitrogens with one attached hydrogen (secondary N) is 1. The molecule has 2 aliphatic rings. The predicted molar refractivity (Wildman–Crippen MR) is 85.3 cm³/mol. The molecule has 2 heterocycles. The van der Waals surface area contributed by atoms with E-state index in [1.165, 1.54) is 56.4 Å². The summed E-state index contributed by atoms with van der Waals surface area (Å²) in [7, 11) is 0. The molecule has 3 rings (SSSR count). The van der Waals surface area contributed by atoms with Crippen LogP contribution in [-0.2, 0) is 0 Å². The topological polar surface area (TPSA) is 28.2 Å². The van der Waals surface area contributed by atoms with E-state index in [0.717, 1.165) is 24.9 Å². The van der Waals surface area contributed by atoms with E-state index >= 15 is 0 Å². The van der Waals surface area contributed by atoms with Gasteiger partial charge in [-0.15, -0.1) is 0 Å². The smallest absolute Gasteiger partial charge is 0.0576 e. The van der Waals surface area contributed by atoms with E-state index in [4.69, 9.17) is 0 Å². The van der Waals surface area contributed by atoms with Gasteiger partial charge in [-0.1, -0.05) is 19.8 Å². The zero-order chi connectivity index (χ0) is 13.8. The van der Waals surface area contributed by atoms with E-state index in [1.54, 1.807) is 0 Å². The lowest BCUT2D eigenvalue weighted by Crippen LogP contribution is -2.34. The van der Waals surface area contributed by atoms with Crippen molar-refractivity contribution in [2.75, 3.05) is 23.3 Å². The Morgan fingerprint density at radius 2 is 2.05 bits per heavy atom. The standard InChI is InChI=1S/C17H27N3/c1-2-9-19-15-11-16(13-18-12-15)20-10-5-8-17(20)14-6-3-4-7-14/h11-14,17,19H,2-10H2,1H3. The summed E-state index contributed by atoms with van der Waals surface area (Å²) < 4.78 is 0. The summed E-state index contributed by atoms with van der Waals surface area (Å²) >= 11 is 0. The molecule has 3 nitrogen and oxygen atoms in total. The Labute approximate surface area is 122 Å². The Hall–Kier alpha value is -1.25. The van der Waals surface area contributed by atoms with Crippen molar-refractivity contribution in [2.24, 2.45) is 5.92 Å². The normalized spacial score (nSPS) is 23.4. The molecular weight excluding hydrogens is 246 g/mol. The first-order valence-corrected chi connectivity index (χ1v) is 8.34. The molecule has 1 N–H and O–H groups in total. The molecule has 1 saturated carbocycles. The minimum Gasteiger partial charge on any atom is -0.384 e. The molecule has 1 aromatic heterocycles. The Balaban J connectivity index is 1.73. The van der Waals surface area contributed by atoms with Crippen LogP contribution in [-0.4, -0.2) is 24.1 Å². The molecular formula is C17H27N3. The number of anilines is 2. The molecule has 20 heavy (non-hydrogen) atoms. The minimum absolute atomic E-state index is 0.765. The van der Waals surface area contributed by atoms with E-state index < -0.39 is 0 Å². The summed E-state index contributed by atoms with van der Waals surface area (Å²) in [5.41, 5.74) is 2.49. The second-order valence-electron chi connectivity index (χ2n) is 6.31. The summed E-state index contributed by atoms with van der Waals surface area (Å²) in [5, 5.41) is 3.45. The minimum atomic E-state index is 0.765. The fourth-order valence-corrected chi connectivity index (χ4v) is 3.90. The molecule has 1 saturated heterocycles. The molecule has 1 atom stereocenters. The van der Waals surface area contributed by atoms with Gasteiger partial charge in [0, 0.05) is 19.1 Å². The van der Waals surface area contributed by atoms with E-state index in [9.17, 15) is 0 Å². The van der Waals surface area contributed by atoms with Gasteiger partial charge in [-0.2, -0.15) is 0 Å². The molecule has 2 fully saturated rings. The van der Waals surface area contributed by atoms with Crippen LogP contribution in [0.5, 0.6) is 0 Å². The third kappa shape index (κ3) is 2.92. The highest BCUT2D eigenvalue weighted by molar-refractivity contribution is 5.56. The third-order valence-corrected chi connectivity index (χ3v) is 4.88. The average molecular weight is 273 g/mol. The van der Waals surface area contributed by atoms with Crippen molar-refractivity contribution in [1.29, 1.82) is 0 Å². The quantitative estimate of drug-likeness (QED) is 0.876. The maximum absolute atomic E-state index is 4.44. The van der Waals surface area contributed by atoms with Gasteiger partial charge in [0.25, 0.3) is 0 Å². The summed E-state index contributed by atoms with van der Waals surface area (Å²) in [6, 6.07) is 3.05. The number of hydrogen-bond donors (Lipinski definition) is 1. The summed E-state index contributed by atoms with van der Waals surface area (Å²) in [6.07, 6.45) is 13.6. The zero-order valence-corrected chi connectivity index (χ0v) is 12.6. The van der Waals surface area contributed by atoms with Crippen LogP contribution in [0.2, 0.25) is 0 Å². The summed E-state index contributed by atoms with van der Waals surface area (Å²) in [6.45, 7) is 4.43. The molecule has 0 radical (unpaired) electrons. The SMILES string of the molecule is CCCNc1cncc(N2CCCC2C2CCCC2)c1. The lowest BCUT2D eigenvalue weighted by Gasteiger charge is -2.31. The second-order valence-corrected chi connectivity index (χ2v) is 6.31. The Kier molecular flexibility index (Phi) is 4.44. The van der Waals surface area contributed by atoms with Gasteiger partial charge < -0.3 is 10.2 Å². The van der Waals surface area contributed by atoms with Crippen LogP contribution in [0.4, 0.5) is 11.4 Å². The Morgan fingerprint density at radius 3 is 2.85 bits per heavy atom. The Bertz CT molecular complexity index is 426. The molecule has 1 aliphatic carbocycles. The van der Waals surface area contributed by atoms with Gasteiger partial charge in [0.05, 0.1) is 23.8 Å². The number of pyridine rings is 1. The zero-order valence-electron chi connectivity index (χ0n) is 12.6. The third-order valence-electron chi connectivity index (χ3n) is 4.88. The van der Waals surface area contributed by atoms with E-state index in [1.807, 2.05) is 12.4 Å². The predicted octanol–water partition coefficient (Wildman–Crippen LogP) is 4.06. The highest BCUT2D eigenvalue weighted by Gasteiger charge is 2.33. The lowest BCUT2D eigenvalue weighted by molar-refractivity contribution is 0.430. The number of aromatic nitrogens is 1. The van der Waals surface area contributed by atoms with Gasteiger partial charge in [0.15, 0.2) is 0 Å². The number of nitrogens with zero attached hydrogens (tertiary/aromatic N) is 2. The van der Waals surface area contributed by atoms with E-state index in [-0.39, 0.29) is 0 Å². The van der Waals surface area contributed by atoms with Crippen LogP contribution < -0.4 is 10.2 Å². The molecule has 0 amide bonds. The maximum atomic E-state index is 4.44. The number of hydrogen-bond acceptors (Lipinski definition) is 3. The fraction of sp³-hybridized carbons (Fsp3) is 0.706. The Morgan fingerprint density at radius 1 is 1.20 bits per heavy atom. The van der Waals surface area contributed by atoms with Crippen molar-refractivity contribution in [2.45, 2.75) is 57.9 Å². The van der Waals surface area contributed by atoms with Crippen molar-refractivity contribution in [3.8, 4) is 0 Å². The first-order chi connectivity index (χ1) is 9.88. The van der Waals surface area contributed by atoms with Gasteiger partial charge in [-0.05, 0) is 44.1 Å². The van der Waals surface area contributed by atoms with Crippen molar-refractivity contribution >= 4 is 11.4 Å². The molecule has 1 unspecified atom stereocenters. The van der Waals surface area contributed by atoms with Crippen LogP contribution in [0.25, 0.3) is 0 Å². The first-order valence-electron chi connectivity index (χ1n) is 8.34. The molecule has 1 aromatic rings. The van der Waals surface area contributed by atoms with Crippen LogP contribution in [0.1, 0.15) is 51.9 Å². The molecule has 0 spiro atoms. The van der Waals surface area contributed by atoms with Crippen molar-refractivity contribution in [3.63, 3.8) is 0 Å². The highest BCUT2D eigenvalue weighted by Crippen LogP contribution is 2.37. The molecule has 0 bridgehead atoms. The molecule has 3 heteroatoms. The summed E-state index contributed by atoms with van der Waals surface area (Å²) in [5.74, 6) is 0.921. The van der Waals surface area contributed by atoms with Gasteiger partial charge in [-0.3, -0.25) is 4.98 Å². The van der Waals surface area contributed by atoms with Gasteiger partial charge in [-0.25, -0.2) is 0 Å². The van der Waals surface area contributed by atoms with Crippen molar-refractivity contribution in [1.82, 2.24) is 4.98 Å². The van der Waals surface area contributed by atoms with E-state index in [0.29, 0.717) is 0 Å². The van der Waals surface area contributed by atoms with Crippen LogP contribution in [0.15, 0.2) is 18.5 Å². The highest BCUT2D eigenvalue weighted by atomic mass is 15.2. The van der Waals surface area contributed by atoms with Gasteiger partial charge in [0.1, 0.15) is 0 Å². The number of rotatable bonds is 5. The molecule has 1 aliphatic heterocycles. The van der Waals surface area contributed by atoms with Crippen molar-refractivity contribution < 1.29 is 0 Å². The summed E-state index contributed by atoms with van der Waals surface area (Å²) in [4.78, 5) is 7.06. The monoisotopic (exact) mass is 273 g/mol. The average Bonchev–Trinajstić information content (AvgIpc) is 3.15. The largest absolute Gasteiger partial charge is 0.384 e. The maximum Gasteiger partial charge on any atom is 0.0576 e. The van der Waals surface area contributed by atoms with E-state index in [2.05, 4.69) is 28.2 Å². The van der Waals surface area contributed by atoms with Crippen LogP contribution in [0.3, 0.4) is 0 Å². The molecule has 0 aromatic carbocycles. The van der Waals surface area contributed by atoms with Gasteiger partial charge in [0.2, 0.25) is 0 Å². The van der Waals surface area contributed by atoms with Crippen LogP contribution in [0, 0.1) is 5.92 Å². The van der Waals surface area contributed by atoms with Gasteiger partial charge >= 0.3 is 0 Å². The fourth-order valence-electron chi connectivity index (χ4n) is 3.90. The van der Waals surface area contributed by atoms with Crippen molar-refractivity contribution in [3.05, 3.63) is 18.5 Å². The second kappa shape index (κ2) is 6.47. The first kappa shape index (κ1) is 13.7. The van der Waals surface area contributed by atoms with Crippen LogP contribution >= 0.6 is 0 Å².